The fourth-order valence-electron chi connectivity index (χ4n) is 3.60. The Morgan fingerprint density at radius 2 is 1.83 bits per heavy atom. The van der Waals surface area contributed by atoms with E-state index in [1.807, 2.05) is 54.6 Å². The summed E-state index contributed by atoms with van der Waals surface area (Å²) in [5.41, 5.74) is 4.26. The Morgan fingerprint density at radius 1 is 0.971 bits per heavy atom. The average Bonchev–Trinajstić information content (AvgIpc) is 3.32. The largest absolute Gasteiger partial charge is 0.496 e. The van der Waals surface area contributed by atoms with E-state index in [0.717, 1.165) is 21.3 Å². The van der Waals surface area contributed by atoms with E-state index in [0.29, 0.717) is 40.6 Å². The highest BCUT2D eigenvalue weighted by Crippen LogP contribution is 2.32. The standard InChI is InChI=1S/C28H21BrN2O4/c1-33-25-12-10-20(15-23(25)29)28-31-24-16-21(11-13-26(24)35-28)30-27(32)19-8-5-9-22(14-19)34-17-18-6-3-2-4-7-18/h2-16H,17H2,1H3,(H,30,32). The van der Waals surface area contributed by atoms with E-state index in [4.69, 9.17) is 13.9 Å². The van der Waals surface area contributed by atoms with E-state index in [9.17, 15) is 4.79 Å². The first kappa shape index (κ1) is 22.7. The first-order valence-electron chi connectivity index (χ1n) is 10.9. The van der Waals surface area contributed by atoms with Crippen molar-refractivity contribution in [3.05, 3.63) is 107 Å². The minimum atomic E-state index is -0.239. The molecule has 0 unspecified atom stereocenters. The van der Waals surface area contributed by atoms with Crippen LogP contribution in [0.1, 0.15) is 15.9 Å². The number of ether oxygens (including phenoxy) is 2. The molecule has 0 aliphatic heterocycles. The predicted molar refractivity (Wildman–Crippen MR) is 139 cm³/mol. The fraction of sp³-hybridized carbons (Fsp3) is 0.0714. The molecule has 4 aromatic carbocycles. The van der Waals surface area contributed by atoms with Crippen LogP contribution in [0.5, 0.6) is 11.5 Å². The summed E-state index contributed by atoms with van der Waals surface area (Å²) in [7, 11) is 1.61. The Balaban J connectivity index is 1.30. The number of fused-ring (bicyclic) bond motifs is 1. The number of hydrogen-bond acceptors (Lipinski definition) is 5. The molecule has 0 aliphatic carbocycles. The summed E-state index contributed by atoms with van der Waals surface area (Å²) in [6, 6.07) is 28.0. The highest BCUT2D eigenvalue weighted by Gasteiger charge is 2.13. The number of benzene rings is 4. The summed E-state index contributed by atoms with van der Waals surface area (Å²) in [6.45, 7) is 0.432. The number of carbonyl (C=O) groups excluding carboxylic acids is 1. The molecule has 1 amide bonds. The topological polar surface area (TPSA) is 73.6 Å². The highest BCUT2D eigenvalue weighted by atomic mass is 79.9. The minimum Gasteiger partial charge on any atom is -0.496 e. The second kappa shape index (κ2) is 10.0. The molecule has 0 saturated carbocycles. The Bertz CT molecular complexity index is 1500. The van der Waals surface area contributed by atoms with E-state index in [1.54, 1.807) is 43.5 Å². The van der Waals surface area contributed by atoms with Crippen molar-refractivity contribution in [2.75, 3.05) is 12.4 Å². The van der Waals surface area contributed by atoms with Crippen LogP contribution in [0.2, 0.25) is 0 Å². The lowest BCUT2D eigenvalue weighted by Crippen LogP contribution is -2.12. The predicted octanol–water partition coefficient (Wildman–Crippen LogP) is 7.10. The molecule has 7 heteroatoms. The fourth-order valence-corrected chi connectivity index (χ4v) is 4.14. The van der Waals surface area contributed by atoms with Crippen molar-refractivity contribution >= 4 is 38.6 Å². The van der Waals surface area contributed by atoms with E-state index in [1.165, 1.54) is 0 Å². The number of oxazole rings is 1. The van der Waals surface area contributed by atoms with Crippen LogP contribution in [0.4, 0.5) is 5.69 Å². The molecule has 0 spiro atoms. The van der Waals surface area contributed by atoms with Gasteiger partial charge in [0.15, 0.2) is 5.58 Å². The lowest BCUT2D eigenvalue weighted by atomic mass is 10.2. The van der Waals surface area contributed by atoms with Crippen LogP contribution in [0, 0.1) is 0 Å². The number of nitrogens with one attached hydrogen (secondary N) is 1. The second-order valence-corrected chi connectivity index (χ2v) is 8.66. The third kappa shape index (κ3) is 5.20. The van der Waals surface area contributed by atoms with Gasteiger partial charge in [-0.1, -0.05) is 36.4 Å². The molecule has 0 bridgehead atoms. The van der Waals surface area contributed by atoms with Crippen molar-refractivity contribution in [3.8, 4) is 23.0 Å². The first-order valence-corrected chi connectivity index (χ1v) is 11.7. The van der Waals surface area contributed by atoms with Gasteiger partial charge in [-0.3, -0.25) is 4.79 Å². The molecule has 0 fully saturated rings. The van der Waals surface area contributed by atoms with Crippen LogP contribution in [0.15, 0.2) is 99.9 Å². The van der Waals surface area contributed by atoms with Crippen LogP contribution in [0.25, 0.3) is 22.6 Å². The van der Waals surface area contributed by atoms with E-state index in [2.05, 4.69) is 26.2 Å². The lowest BCUT2D eigenvalue weighted by molar-refractivity contribution is 0.102. The van der Waals surface area contributed by atoms with Crippen molar-refractivity contribution in [3.63, 3.8) is 0 Å². The molecule has 1 heterocycles. The van der Waals surface area contributed by atoms with Crippen molar-refractivity contribution < 1.29 is 18.7 Å². The maximum absolute atomic E-state index is 12.9. The Hall–Kier alpha value is -4.10. The third-order valence-corrected chi connectivity index (χ3v) is 6.01. The molecular formula is C28H21BrN2O4. The molecule has 5 rings (SSSR count). The highest BCUT2D eigenvalue weighted by molar-refractivity contribution is 9.10. The number of hydrogen-bond donors (Lipinski definition) is 1. The van der Waals surface area contributed by atoms with Crippen LogP contribution in [-0.2, 0) is 6.61 Å². The zero-order chi connectivity index (χ0) is 24.2. The number of aromatic nitrogens is 1. The van der Waals surface area contributed by atoms with Gasteiger partial charge >= 0.3 is 0 Å². The maximum atomic E-state index is 12.9. The number of methoxy groups -OCH3 is 1. The molecule has 1 aromatic heterocycles. The molecule has 5 aromatic rings. The number of rotatable bonds is 7. The van der Waals surface area contributed by atoms with Gasteiger partial charge in [-0.05, 0) is 76.1 Å². The summed E-state index contributed by atoms with van der Waals surface area (Å²) in [4.78, 5) is 17.5. The van der Waals surface area contributed by atoms with Gasteiger partial charge in [0.2, 0.25) is 5.89 Å². The number of anilines is 1. The van der Waals surface area contributed by atoms with Crippen molar-refractivity contribution in [1.29, 1.82) is 0 Å². The van der Waals surface area contributed by atoms with Crippen LogP contribution in [-0.4, -0.2) is 18.0 Å². The molecular weight excluding hydrogens is 508 g/mol. The van der Waals surface area contributed by atoms with Gasteiger partial charge in [-0.2, -0.15) is 0 Å². The normalized spacial score (nSPS) is 10.8. The van der Waals surface area contributed by atoms with Gasteiger partial charge in [0.1, 0.15) is 23.6 Å². The first-order chi connectivity index (χ1) is 17.1. The monoisotopic (exact) mass is 528 g/mol. The smallest absolute Gasteiger partial charge is 0.255 e. The molecule has 174 valence electrons. The molecule has 0 aliphatic rings. The van der Waals surface area contributed by atoms with Gasteiger partial charge in [0, 0.05) is 16.8 Å². The van der Waals surface area contributed by atoms with E-state index >= 15 is 0 Å². The lowest BCUT2D eigenvalue weighted by Gasteiger charge is -2.09. The Morgan fingerprint density at radius 3 is 2.63 bits per heavy atom. The zero-order valence-corrected chi connectivity index (χ0v) is 20.4. The molecule has 1 N–H and O–H groups in total. The Kier molecular flexibility index (Phi) is 6.50. The Labute approximate surface area is 210 Å². The number of halogens is 1. The van der Waals surface area contributed by atoms with Crippen molar-refractivity contribution in [2.24, 2.45) is 0 Å². The van der Waals surface area contributed by atoms with Crippen molar-refractivity contribution in [1.82, 2.24) is 4.98 Å². The molecule has 0 saturated heterocycles. The van der Waals surface area contributed by atoms with Gasteiger partial charge in [0.25, 0.3) is 5.91 Å². The van der Waals surface area contributed by atoms with Gasteiger partial charge in [-0.25, -0.2) is 4.98 Å². The summed E-state index contributed by atoms with van der Waals surface area (Å²) >= 11 is 3.49. The van der Waals surface area contributed by atoms with Gasteiger partial charge < -0.3 is 19.2 Å². The number of amides is 1. The molecule has 0 radical (unpaired) electrons. The van der Waals surface area contributed by atoms with Crippen LogP contribution >= 0.6 is 15.9 Å². The quantitative estimate of drug-likeness (QED) is 0.244. The van der Waals surface area contributed by atoms with E-state index < -0.39 is 0 Å². The average molecular weight is 529 g/mol. The van der Waals surface area contributed by atoms with Crippen molar-refractivity contribution in [2.45, 2.75) is 6.61 Å². The van der Waals surface area contributed by atoms with Gasteiger partial charge in [-0.15, -0.1) is 0 Å². The summed E-state index contributed by atoms with van der Waals surface area (Å²) in [5.74, 6) is 1.60. The second-order valence-electron chi connectivity index (χ2n) is 7.81. The molecule has 35 heavy (non-hydrogen) atoms. The summed E-state index contributed by atoms with van der Waals surface area (Å²) < 4.78 is 17.8. The number of nitrogens with zero attached hydrogens (tertiary/aromatic N) is 1. The van der Waals surface area contributed by atoms with Crippen LogP contribution in [0.3, 0.4) is 0 Å². The van der Waals surface area contributed by atoms with Gasteiger partial charge in [0.05, 0.1) is 11.6 Å². The third-order valence-electron chi connectivity index (χ3n) is 5.39. The number of carbonyl (C=O) groups is 1. The summed E-state index contributed by atoms with van der Waals surface area (Å²) in [5, 5.41) is 2.92. The molecule has 0 atom stereocenters. The summed E-state index contributed by atoms with van der Waals surface area (Å²) in [6.07, 6.45) is 0. The minimum absolute atomic E-state index is 0.239. The zero-order valence-electron chi connectivity index (χ0n) is 18.8. The molecule has 6 nitrogen and oxygen atoms in total. The SMILES string of the molecule is COc1ccc(-c2nc3cc(NC(=O)c4cccc(OCc5ccccc5)c4)ccc3o2)cc1Br. The van der Waals surface area contributed by atoms with E-state index in [-0.39, 0.29) is 5.91 Å². The van der Waals surface area contributed by atoms with Crippen LogP contribution < -0.4 is 14.8 Å². The maximum Gasteiger partial charge on any atom is 0.255 e.